The summed E-state index contributed by atoms with van der Waals surface area (Å²) in [5, 5.41) is 2.70. The van der Waals surface area contributed by atoms with Crippen molar-refractivity contribution in [3.63, 3.8) is 0 Å². The van der Waals surface area contributed by atoms with Gasteiger partial charge in [0, 0.05) is 31.6 Å². The number of aryl methyl sites for hydroxylation is 1. The zero-order chi connectivity index (χ0) is 25.8. The van der Waals surface area contributed by atoms with Gasteiger partial charge in [-0.25, -0.2) is 0 Å². The van der Waals surface area contributed by atoms with Crippen molar-refractivity contribution in [2.75, 3.05) is 27.2 Å². The van der Waals surface area contributed by atoms with Crippen LogP contribution in [0.25, 0.3) is 0 Å². The highest BCUT2D eigenvalue weighted by molar-refractivity contribution is 5.82. The molecule has 1 heterocycles. The van der Waals surface area contributed by atoms with Crippen LogP contribution < -0.4 is 5.32 Å². The van der Waals surface area contributed by atoms with Crippen molar-refractivity contribution in [2.24, 2.45) is 0 Å². The maximum atomic E-state index is 12.4. The van der Waals surface area contributed by atoms with E-state index in [1.54, 1.807) is 7.05 Å². The molecular formula is C30H41N3O3. The lowest BCUT2D eigenvalue weighted by molar-refractivity contribution is -0.126. The zero-order valence-corrected chi connectivity index (χ0v) is 21.8. The summed E-state index contributed by atoms with van der Waals surface area (Å²) in [5.41, 5.74) is 4.25. The number of carbonyl (C=O) groups excluding carboxylic acids is 3. The molecule has 6 nitrogen and oxygen atoms in total. The molecule has 1 fully saturated rings. The molecular weight excluding hydrogens is 450 g/mol. The highest BCUT2D eigenvalue weighted by atomic mass is 16.2. The molecule has 1 aliphatic rings. The van der Waals surface area contributed by atoms with Gasteiger partial charge in [-0.3, -0.25) is 19.4 Å². The van der Waals surface area contributed by atoms with Gasteiger partial charge < -0.3 is 10.1 Å². The molecule has 1 amide bonds. The highest BCUT2D eigenvalue weighted by Crippen LogP contribution is 2.32. The van der Waals surface area contributed by atoms with E-state index in [1.165, 1.54) is 30.5 Å². The molecule has 0 aliphatic carbocycles. The Morgan fingerprint density at radius 3 is 2.64 bits per heavy atom. The van der Waals surface area contributed by atoms with Gasteiger partial charge in [-0.1, -0.05) is 55.0 Å². The molecule has 0 spiro atoms. The molecule has 0 aromatic heterocycles. The number of rotatable bonds is 15. The first-order valence-electron chi connectivity index (χ1n) is 13.3. The van der Waals surface area contributed by atoms with E-state index >= 15 is 0 Å². The normalized spacial score (nSPS) is 16.7. The minimum atomic E-state index is -0.411. The first kappa shape index (κ1) is 27.8. The Hall–Kier alpha value is -2.83. The van der Waals surface area contributed by atoms with Crippen LogP contribution in [0.1, 0.15) is 78.0 Å². The molecule has 2 aromatic carbocycles. The van der Waals surface area contributed by atoms with E-state index in [0.717, 1.165) is 50.4 Å². The Morgan fingerprint density at radius 2 is 1.92 bits per heavy atom. The average molecular weight is 492 g/mol. The molecule has 36 heavy (non-hydrogen) atoms. The Morgan fingerprint density at radius 1 is 1.11 bits per heavy atom. The Bertz CT molecular complexity index is 979. The van der Waals surface area contributed by atoms with Gasteiger partial charge in [0.15, 0.2) is 0 Å². The van der Waals surface area contributed by atoms with Crippen LogP contribution in [0.2, 0.25) is 0 Å². The number of hydrogen-bond donors (Lipinski definition) is 1. The molecule has 2 atom stereocenters. The third-order valence-electron chi connectivity index (χ3n) is 7.42. The summed E-state index contributed by atoms with van der Waals surface area (Å²) in [7, 11) is 3.49. The first-order chi connectivity index (χ1) is 17.6. The summed E-state index contributed by atoms with van der Waals surface area (Å²) in [4.78, 5) is 39.7. The van der Waals surface area contributed by atoms with Crippen LogP contribution >= 0.6 is 0 Å². The fourth-order valence-electron chi connectivity index (χ4n) is 5.45. The van der Waals surface area contributed by atoms with Gasteiger partial charge >= 0.3 is 0 Å². The van der Waals surface area contributed by atoms with Gasteiger partial charge in [-0.05, 0) is 75.4 Å². The smallest absolute Gasteiger partial charge is 0.237 e. The van der Waals surface area contributed by atoms with Gasteiger partial charge in [0.25, 0.3) is 0 Å². The topological polar surface area (TPSA) is 69.7 Å². The van der Waals surface area contributed by atoms with Crippen LogP contribution in [0, 0.1) is 0 Å². The van der Waals surface area contributed by atoms with Gasteiger partial charge in [0.05, 0.1) is 6.04 Å². The summed E-state index contributed by atoms with van der Waals surface area (Å²) in [6.07, 6.45) is 9.31. The van der Waals surface area contributed by atoms with Crippen LogP contribution in [0.15, 0.2) is 48.5 Å². The van der Waals surface area contributed by atoms with Crippen molar-refractivity contribution >= 4 is 18.5 Å². The third kappa shape index (κ3) is 7.58. The number of likely N-dealkylation sites (tertiary alicyclic amines) is 1. The maximum absolute atomic E-state index is 12.4. The second-order valence-electron chi connectivity index (χ2n) is 9.81. The van der Waals surface area contributed by atoms with E-state index in [9.17, 15) is 14.4 Å². The lowest BCUT2D eigenvalue weighted by Crippen LogP contribution is -2.44. The first-order valence-corrected chi connectivity index (χ1v) is 13.3. The Labute approximate surface area is 216 Å². The predicted octanol–water partition coefficient (Wildman–Crippen LogP) is 4.57. The summed E-state index contributed by atoms with van der Waals surface area (Å²) in [5.74, 6) is -0.111. The minimum absolute atomic E-state index is 0.111. The molecule has 0 bridgehead atoms. The van der Waals surface area contributed by atoms with E-state index in [1.807, 2.05) is 24.1 Å². The highest BCUT2D eigenvalue weighted by Gasteiger charge is 2.25. The molecule has 2 aromatic rings. The van der Waals surface area contributed by atoms with Crippen molar-refractivity contribution in [2.45, 2.75) is 70.0 Å². The van der Waals surface area contributed by atoms with E-state index in [2.05, 4.69) is 46.6 Å². The lowest BCUT2D eigenvalue weighted by atomic mass is 9.96. The maximum Gasteiger partial charge on any atom is 0.237 e. The molecule has 0 saturated carbocycles. The summed E-state index contributed by atoms with van der Waals surface area (Å²) < 4.78 is 0. The average Bonchev–Trinajstić information content (AvgIpc) is 3.38. The van der Waals surface area contributed by atoms with Gasteiger partial charge in [0.1, 0.15) is 12.6 Å². The Kier molecular flexibility index (Phi) is 11.3. The summed E-state index contributed by atoms with van der Waals surface area (Å²) >= 11 is 0. The van der Waals surface area contributed by atoms with E-state index in [-0.39, 0.29) is 5.91 Å². The summed E-state index contributed by atoms with van der Waals surface area (Å²) in [6, 6.07) is 16.9. The molecule has 1 saturated heterocycles. The van der Waals surface area contributed by atoms with Crippen molar-refractivity contribution in [3.05, 3.63) is 70.8 Å². The molecule has 6 heteroatoms. The monoisotopic (exact) mass is 491 g/mol. The number of nitrogens with zero attached hydrogens (tertiary/aromatic N) is 2. The third-order valence-corrected chi connectivity index (χ3v) is 7.42. The second kappa shape index (κ2) is 14.7. The van der Waals surface area contributed by atoms with Crippen molar-refractivity contribution in [3.8, 4) is 0 Å². The number of likely N-dealkylation sites (N-methyl/N-ethyl adjacent to an activating group) is 2. The predicted molar refractivity (Wildman–Crippen MR) is 144 cm³/mol. The Balaban J connectivity index is 1.56. The number of benzene rings is 2. The van der Waals surface area contributed by atoms with Crippen molar-refractivity contribution in [1.82, 2.24) is 15.1 Å². The van der Waals surface area contributed by atoms with Crippen molar-refractivity contribution < 1.29 is 14.4 Å². The largest absolute Gasteiger partial charge is 0.358 e. The van der Waals surface area contributed by atoms with Gasteiger partial charge in [-0.2, -0.15) is 0 Å². The van der Waals surface area contributed by atoms with Crippen LogP contribution in [0.4, 0.5) is 0 Å². The fraction of sp³-hybridized carbons (Fsp3) is 0.500. The number of amides is 1. The molecule has 2 unspecified atom stereocenters. The van der Waals surface area contributed by atoms with E-state index < -0.39 is 6.04 Å². The fourth-order valence-corrected chi connectivity index (χ4v) is 5.45. The lowest BCUT2D eigenvalue weighted by Gasteiger charge is -2.28. The number of aldehydes is 2. The molecule has 1 aliphatic heterocycles. The molecule has 194 valence electrons. The van der Waals surface area contributed by atoms with Crippen LogP contribution in [-0.2, 0) is 22.6 Å². The standard InChI is InChI=1S/C30H41N3O3/c1-31-30(36)29(18-11-21-34)32(2)22-27-24(15-9-16-26(27)23-35)12-7-4-8-19-33-20-10-17-28(33)25-13-5-3-6-14-25/h3,5-6,9,13-16,21,23,28-29H,4,7-8,10-12,17-20,22H2,1-2H3,(H,31,36). The molecule has 0 radical (unpaired) electrons. The van der Waals surface area contributed by atoms with E-state index in [4.69, 9.17) is 0 Å². The van der Waals surface area contributed by atoms with E-state index in [0.29, 0.717) is 31.0 Å². The number of unbranched alkanes of at least 4 members (excludes halogenated alkanes) is 2. The summed E-state index contributed by atoms with van der Waals surface area (Å²) in [6.45, 7) is 2.79. The number of nitrogens with one attached hydrogen (secondary N) is 1. The van der Waals surface area contributed by atoms with Crippen LogP contribution in [-0.4, -0.2) is 61.5 Å². The molecule has 1 N–H and O–H groups in total. The number of hydrogen-bond acceptors (Lipinski definition) is 5. The van der Waals surface area contributed by atoms with Crippen LogP contribution in [0.5, 0.6) is 0 Å². The zero-order valence-electron chi connectivity index (χ0n) is 21.8. The van der Waals surface area contributed by atoms with Gasteiger partial charge in [0.2, 0.25) is 5.91 Å². The second-order valence-corrected chi connectivity index (χ2v) is 9.81. The van der Waals surface area contributed by atoms with Crippen molar-refractivity contribution in [1.29, 1.82) is 0 Å². The SMILES string of the molecule is CNC(=O)C(CCC=O)N(C)Cc1c(C=O)cccc1CCCCCN1CCCC1c1ccccc1. The van der Waals surface area contributed by atoms with Gasteiger partial charge in [-0.15, -0.1) is 0 Å². The quantitative estimate of drug-likeness (QED) is 0.292. The number of carbonyl (C=O) groups is 3. The van der Waals surface area contributed by atoms with Crippen LogP contribution in [0.3, 0.4) is 0 Å². The molecule has 3 rings (SSSR count). The minimum Gasteiger partial charge on any atom is -0.358 e.